The van der Waals surface area contributed by atoms with Gasteiger partial charge in [0.1, 0.15) is 17.1 Å². The number of carbonyl (C=O) groups is 1. The first-order chi connectivity index (χ1) is 18.7. The van der Waals surface area contributed by atoms with Crippen molar-refractivity contribution in [3.63, 3.8) is 0 Å². The second-order valence-electron chi connectivity index (χ2n) is 8.74. The Morgan fingerprint density at radius 3 is 2.45 bits per heavy atom. The van der Waals surface area contributed by atoms with Crippen LogP contribution in [-0.2, 0) is 4.79 Å². The van der Waals surface area contributed by atoms with Crippen molar-refractivity contribution in [2.75, 3.05) is 12.9 Å². The van der Waals surface area contributed by atoms with E-state index in [1.807, 2.05) is 84.9 Å². The fraction of sp³-hybridized carbons (Fsp3) is 0.138. The molecule has 6 rings (SSSR count). The molecule has 0 spiro atoms. The first-order valence-electron chi connectivity index (χ1n) is 12.2. The maximum absolute atomic E-state index is 13.6. The van der Waals surface area contributed by atoms with Gasteiger partial charge in [-0.3, -0.25) is 4.79 Å². The van der Waals surface area contributed by atoms with Gasteiger partial charge in [0.25, 0.3) is 5.91 Å². The second-order valence-corrected chi connectivity index (χ2v) is 9.70. The number of hydrogen-bond acceptors (Lipinski definition) is 7. The largest absolute Gasteiger partial charge is 0.497 e. The van der Waals surface area contributed by atoms with Crippen LogP contribution in [0.2, 0.25) is 0 Å². The molecule has 0 N–H and O–H groups in total. The zero-order valence-electron chi connectivity index (χ0n) is 20.6. The monoisotopic (exact) mass is 520 g/mol. The molecule has 188 valence electrons. The van der Waals surface area contributed by atoms with E-state index in [0.717, 1.165) is 33.7 Å². The van der Waals surface area contributed by atoms with Gasteiger partial charge in [-0.25, -0.2) is 19.7 Å². The number of fused-ring (bicyclic) bond motifs is 1. The Morgan fingerprint density at radius 2 is 1.71 bits per heavy atom. The molecule has 0 radical (unpaired) electrons. The van der Waals surface area contributed by atoms with Crippen LogP contribution < -0.4 is 4.74 Å². The lowest BCUT2D eigenvalue weighted by Crippen LogP contribution is -2.28. The normalized spacial score (nSPS) is 15.0. The number of rotatable bonds is 7. The third-order valence-corrected chi connectivity index (χ3v) is 7.43. The third kappa shape index (κ3) is 4.64. The van der Waals surface area contributed by atoms with Crippen molar-refractivity contribution >= 4 is 34.4 Å². The summed E-state index contributed by atoms with van der Waals surface area (Å²) in [5.74, 6) is 0.859. The number of benzene rings is 3. The predicted molar refractivity (Wildman–Crippen MR) is 148 cm³/mol. The average Bonchev–Trinajstić information content (AvgIpc) is 3.63. The van der Waals surface area contributed by atoms with Gasteiger partial charge >= 0.3 is 0 Å². The van der Waals surface area contributed by atoms with Gasteiger partial charge in [0.2, 0.25) is 0 Å². The Morgan fingerprint density at radius 1 is 0.974 bits per heavy atom. The molecule has 0 bridgehead atoms. The second kappa shape index (κ2) is 10.5. The van der Waals surface area contributed by atoms with E-state index in [-0.39, 0.29) is 17.7 Å². The van der Waals surface area contributed by atoms with Crippen molar-refractivity contribution in [3.8, 4) is 11.4 Å². The first-order valence-corrected chi connectivity index (χ1v) is 13.2. The zero-order valence-corrected chi connectivity index (χ0v) is 21.5. The summed E-state index contributed by atoms with van der Waals surface area (Å²) in [6, 6.07) is 27.4. The molecule has 5 aromatic rings. The lowest BCUT2D eigenvalue weighted by molar-refractivity contribution is -0.130. The van der Waals surface area contributed by atoms with Crippen molar-refractivity contribution < 1.29 is 9.53 Å². The number of ether oxygens (including phenoxy) is 1. The van der Waals surface area contributed by atoms with Crippen LogP contribution in [0.1, 0.15) is 23.6 Å². The minimum Gasteiger partial charge on any atom is -0.497 e. The summed E-state index contributed by atoms with van der Waals surface area (Å²) in [5.41, 5.74) is 4.52. The molecule has 1 atom stereocenters. The predicted octanol–water partition coefficient (Wildman–Crippen LogP) is 5.29. The highest BCUT2D eigenvalue weighted by molar-refractivity contribution is 8.00. The van der Waals surface area contributed by atoms with Gasteiger partial charge in [-0.05, 0) is 35.4 Å². The Kier molecular flexibility index (Phi) is 6.58. The smallest absolute Gasteiger partial charge is 0.253 e. The fourth-order valence-corrected chi connectivity index (χ4v) is 5.34. The molecule has 2 aromatic heterocycles. The van der Waals surface area contributed by atoms with Gasteiger partial charge in [-0.2, -0.15) is 10.2 Å². The summed E-state index contributed by atoms with van der Waals surface area (Å²) in [5, 5.41) is 12.4. The molecule has 38 heavy (non-hydrogen) atoms. The van der Waals surface area contributed by atoms with E-state index in [4.69, 9.17) is 9.84 Å². The van der Waals surface area contributed by atoms with Crippen molar-refractivity contribution in [3.05, 3.63) is 109 Å². The molecule has 1 unspecified atom stereocenters. The number of thioether (sulfide) groups is 1. The number of nitrogens with zero attached hydrogens (tertiary/aromatic N) is 6. The summed E-state index contributed by atoms with van der Waals surface area (Å²) in [6.45, 7) is 0. The quantitative estimate of drug-likeness (QED) is 0.214. The summed E-state index contributed by atoms with van der Waals surface area (Å²) >= 11 is 1.37. The minimum absolute atomic E-state index is 0.0936. The molecular weight excluding hydrogens is 496 g/mol. The van der Waals surface area contributed by atoms with Crippen LogP contribution >= 0.6 is 11.8 Å². The van der Waals surface area contributed by atoms with Crippen LogP contribution in [-0.4, -0.2) is 49.2 Å². The molecule has 8 nitrogen and oxygen atoms in total. The van der Waals surface area contributed by atoms with Gasteiger partial charge in [0.05, 0.1) is 41.9 Å². The number of para-hydroxylation sites is 1. The molecule has 0 aliphatic carbocycles. The van der Waals surface area contributed by atoms with E-state index in [0.29, 0.717) is 17.1 Å². The van der Waals surface area contributed by atoms with Crippen LogP contribution in [0.15, 0.2) is 108 Å². The molecule has 3 aromatic carbocycles. The van der Waals surface area contributed by atoms with E-state index in [1.54, 1.807) is 23.0 Å². The van der Waals surface area contributed by atoms with Crippen molar-refractivity contribution in [2.24, 2.45) is 5.10 Å². The molecule has 0 saturated carbocycles. The summed E-state index contributed by atoms with van der Waals surface area (Å²) in [7, 11) is 1.64. The maximum Gasteiger partial charge on any atom is 0.253 e. The van der Waals surface area contributed by atoms with Gasteiger partial charge < -0.3 is 4.74 Å². The highest BCUT2D eigenvalue weighted by atomic mass is 32.2. The Labute approximate surface area is 224 Å². The molecule has 1 aliphatic rings. The number of hydrazone groups is 1. The molecular formula is C29H24N6O2S. The molecule has 1 amide bonds. The topological polar surface area (TPSA) is 85.5 Å². The zero-order chi connectivity index (χ0) is 25.9. The van der Waals surface area contributed by atoms with Crippen molar-refractivity contribution in [1.29, 1.82) is 0 Å². The number of methoxy groups -OCH3 is 1. The number of carbonyl (C=O) groups excluding carboxylic acids is 1. The van der Waals surface area contributed by atoms with Crippen molar-refractivity contribution in [1.82, 2.24) is 24.8 Å². The Balaban J connectivity index is 1.26. The number of aromatic nitrogens is 4. The lowest BCUT2D eigenvalue weighted by atomic mass is 9.98. The van der Waals surface area contributed by atoms with Crippen molar-refractivity contribution in [2.45, 2.75) is 17.5 Å². The van der Waals surface area contributed by atoms with E-state index < -0.39 is 0 Å². The van der Waals surface area contributed by atoms with E-state index in [2.05, 4.69) is 15.1 Å². The summed E-state index contributed by atoms with van der Waals surface area (Å²) in [6.07, 6.45) is 3.89. The highest BCUT2D eigenvalue weighted by Gasteiger charge is 2.33. The van der Waals surface area contributed by atoms with E-state index >= 15 is 0 Å². The highest BCUT2D eigenvalue weighted by Crippen LogP contribution is 2.35. The van der Waals surface area contributed by atoms with Crippen LogP contribution in [0.3, 0.4) is 0 Å². The van der Waals surface area contributed by atoms with Gasteiger partial charge in [0.15, 0.2) is 5.65 Å². The van der Waals surface area contributed by atoms with Crippen LogP contribution in [0.5, 0.6) is 5.75 Å². The molecule has 0 fully saturated rings. The van der Waals surface area contributed by atoms with Gasteiger partial charge in [0, 0.05) is 6.42 Å². The van der Waals surface area contributed by atoms with E-state index in [9.17, 15) is 4.79 Å². The third-order valence-electron chi connectivity index (χ3n) is 6.44. The standard InChI is InChI=1S/C29H24N6O2S/c1-37-23-14-12-21(13-15-23)26-16-25(20-8-4-2-5-9-20)33-35(26)27(36)18-38-29-24-17-32-34(28(24)30-19-31-29)22-10-6-3-7-11-22/h2-15,17,19,26H,16,18H2,1H3. The molecule has 3 heterocycles. The van der Waals surface area contributed by atoms with Crippen LogP contribution in [0.25, 0.3) is 16.7 Å². The lowest BCUT2D eigenvalue weighted by Gasteiger charge is -2.22. The summed E-state index contributed by atoms with van der Waals surface area (Å²) < 4.78 is 7.10. The molecule has 9 heteroatoms. The van der Waals surface area contributed by atoms with Crippen LogP contribution in [0.4, 0.5) is 0 Å². The maximum atomic E-state index is 13.6. The van der Waals surface area contributed by atoms with Crippen LogP contribution in [0, 0.1) is 0 Å². The number of hydrogen-bond donors (Lipinski definition) is 0. The Hall–Kier alpha value is -4.50. The molecule has 0 saturated heterocycles. The average molecular weight is 521 g/mol. The minimum atomic E-state index is -0.199. The fourth-order valence-electron chi connectivity index (χ4n) is 4.52. The number of amides is 1. The SMILES string of the molecule is COc1ccc(C2CC(c3ccccc3)=NN2C(=O)CSc2ncnc3c2cnn3-c2ccccc2)cc1. The molecule has 1 aliphatic heterocycles. The Bertz CT molecular complexity index is 1600. The first kappa shape index (κ1) is 23.9. The summed E-state index contributed by atoms with van der Waals surface area (Å²) in [4.78, 5) is 22.5. The van der Waals surface area contributed by atoms with E-state index in [1.165, 1.54) is 18.1 Å². The van der Waals surface area contributed by atoms with Gasteiger partial charge in [-0.15, -0.1) is 0 Å². The van der Waals surface area contributed by atoms with Gasteiger partial charge in [-0.1, -0.05) is 72.4 Å².